The molecule has 10 aromatic rings. The van der Waals surface area contributed by atoms with E-state index in [0.717, 1.165) is 11.4 Å². The lowest BCUT2D eigenvalue weighted by molar-refractivity contribution is 1.29. The molecule has 0 N–H and O–H groups in total. The molecule has 55 heavy (non-hydrogen) atoms. The first-order valence-electron chi connectivity index (χ1n) is 19.1. The van der Waals surface area contributed by atoms with Gasteiger partial charge in [-0.1, -0.05) is 147 Å². The molecule has 0 saturated carbocycles. The van der Waals surface area contributed by atoms with Gasteiger partial charge in [-0.15, -0.1) is 11.3 Å². The number of anilines is 3. The molecule has 0 saturated heterocycles. The standard InChI is InChI=1S/C52H37NSSi/c1-55(2)49-29-27-44(33-47(49)51-50(55)30-28-46-45-13-7-8-14-48(45)54-52(46)51)53(42-23-19-36(20-24-42)40-17-15-34-9-3-5-11-38(34)31-40)43-25-21-37(22-26-43)41-18-16-35-10-4-6-12-39(35)32-41/h3-33H,1-2H3. The lowest BCUT2D eigenvalue weighted by atomic mass is 9.99. The molecule has 1 aliphatic rings. The van der Waals surface area contributed by atoms with Gasteiger partial charge in [0.25, 0.3) is 0 Å². The third-order valence-electron chi connectivity index (χ3n) is 11.8. The quantitative estimate of drug-likeness (QED) is 0.159. The Labute approximate surface area is 326 Å². The summed E-state index contributed by atoms with van der Waals surface area (Å²) < 4.78 is 2.77. The zero-order valence-electron chi connectivity index (χ0n) is 30.8. The molecule has 2 heterocycles. The first-order chi connectivity index (χ1) is 27.0. The van der Waals surface area contributed by atoms with Crippen LogP contribution in [0.4, 0.5) is 17.1 Å². The van der Waals surface area contributed by atoms with Crippen molar-refractivity contribution in [2.24, 2.45) is 0 Å². The van der Waals surface area contributed by atoms with Gasteiger partial charge in [0.1, 0.15) is 8.07 Å². The molecule has 0 atom stereocenters. The smallest absolute Gasteiger partial charge is 0.113 e. The number of fused-ring (bicyclic) bond motifs is 9. The predicted octanol–water partition coefficient (Wildman–Crippen LogP) is 14.0. The largest absolute Gasteiger partial charge is 0.310 e. The fourth-order valence-corrected chi connectivity index (χ4v) is 13.3. The van der Waals surface area contributed by atoms with Gasteiger partial charge in [0.15, 0.2) is 0 Å². The van der Waals surface area contributed by atoms with Crippen molar-refractivity contribution in [3.05, 3.63) is 188 Å². The van der Waals surface area contributed by atoms with Crippen LogP contribution in [0.2, 0.25) is 13.1 Å². The lowest BCUT2D eigenvalue weighted by Gasteiger charge is -2.27. The fourth-order valence-electron chi connectivity index (χ4n) is 8.94. The van der Waals surface area contributed by atoms with Gasteiger partial charge in [-0.2, -0.15) is 0 Å². The van der Waals surface area contributed by atoms with Crippen LogP contribution in [-0.4, -0.2) is 8.07 Å². The summed E-state index contributed by atoms with van der Waals surface area (Å²) in [5.41, 5.74) is 11.2. The normalized spacial score (nSPS) is 13.1. The number of thiophene rings is 1. The zero-order valence-corrected chi connectivity index (χ0v) is 32.6. The van der Waals surface area contributed by atoms with Crippen molar-refractivity contribution in [2.45, 2.75) is 13.1 Å². The highest BCUT2D eigenvalue weighted by atomic mass is 32.1. The average Bonchev–Trinajstić information content (AvgIpc) is 3.73. The van der Waals surface area contributed by atoms with Crippen molar-refractivity contribution in [2.75, 3.05) is 4.90 Å². The second-order valence-corrected chi connectivity index (χ2v) is 20.8. The topological polar surface area (TPSA) is 3.24 Å². The highest BCUT2D eigenvalue weighted by Crippen LogP contribution is 2.45. The van der Waals surface area contributed by atoms with Gasteiger partial charge in [0.05, 0.1) is 0 Å². The average molecular weight is 736 g/mol. The van der Waals surface area contributed by atoms with E-state index >= 15 is 0 Å². The van der Waals surface area contributed by atoms with E-state index in [4.69, 9.17) is 0 Å². The molecule has 0 amide bonds. The van der Waals surface area contributed by atoms with Crippen LogP contribution >= 0.6 is 11.3 Å². The molecule has 0 spiro atoms. The van der Waals surface area contributed by atoms with Gasteiger partial charge in [-0.3, -0.25) is 0 Å². The molecule has 1 aromatic heterocycles. The second-order valence-electron chi connectivity index (χ2n) is 15.4. The van der Waals surface area contributed by atoms with Crippen molar-refractivity contribution in [3.8, 4) is 33.4 Å². The van der Waals surface area contributed by atoms with Gasteiger partial charge in [-0.05, 0) is 120 Å². The van der Waals surface area contributed by atoms with E-state index in [1.165, 1.54) is 86.0 Å². The van der Waals surface area contributed by atoms with Crippen LogP contribution < -0.4 is 15.3 Å². The minimum Gasteiger partial charge on any atom is -0.310 e. The zero-order chi connectivity index (χ0) is 36.7. The SMILES string of the molecule is C[Si]1(C)c2ccc(N(c3ccc(-c4ccc5ccccc5c4)cc3)c3ccc(-c4ccc5ccccc5c4)cc3)cc2-c2c1ccc1c2sc2ccccc21. The van der Waals surface area contributed by atoms with Crippen LogP contribution in [0.25, 0.3) is 75.1 Å². The Morgan fingerprint density at radius 3 is 1.53 bits per heavy atom. The number of nitrogens with zero attached hydrogens (tertiary/aromatic N) is 1. The molecule has 1 nitrogen and oxygen atoms in total. The maximum absolute atomic E-state index is 2.52. The molecule has 3 heteroatoms. The maximum Gasteiger partial charge on any atom is 0.113 e. The van der Waals surface area contributed by atoms with Gasteiger partial charge >= 0.3 is 0 Å². The van der Waals surface area contributed by atoms with E-state index < -0.39 is 8.07 Å². The molecule has 0 aliphatic carbocycles. The van der Waals surface area contributed by atoms with Crippen molar-refractivity contribution in [1.82, 2.24) is 0 Å². The van der Waals surface area contributed by atoms with Crippen LogP contribution in [-0.2, 0) is 0 Å². The Hall–Kier alpha value is -6.26. The number of benzene rings is 9. The first-order valence-corrected chi connectivity index (χ1v) is 22.9. The summed E-state index contributed by atoms with van der Waals surface area (Å²) in [7, 11) is -1.91. The summed E-state index contributed by atoms with van der Waals surface area (Å²) in [6.07, 6.45) is 0. The minimum atomic E-state index is -1.91. The van der Waals surface area contributed by atoms with Gasteiger partial charge in [0, 0.05) is 37.2 Å². The molecule has 0 radical (unpaired) electrons. The van der Waals surface area contributed by atoms with E-state index in [1.807, 2.05) is 11.3 Å². The Morgan fingerprint density at radius 1 is 0.400 bits per heavy atom. The van der Waals surface area contributed by atoms with Crippen molar-refractivity contribution < 1.29 is 0 Å². The summed E-state index contributed by atoms with van der Waals surface area (Å²) in [5, 5.41) is 10.8. The van der Waals surface area contributed by atoms with E-state index in [9.17, 15) is 0 Å². The Kier molecular flexibility index (Phi) is 7.25. The van der Waals surface area contributed by atoms with Crippen LogP contribution in [0.3, 0.4) is 0 Å². The van der Waals surface area contributed by atoms with E-state index in [-0.39, 0.29) is 0 Å². The van der Waals surface area contributed by atoms with Gasteiger partial charge < -0.3 is 4.90 Å². The Balaban J connectivity index is 1.06. The summed E-state index contributed by atoms with van der Waals surface area (Å²) in [5.74, 6) is 0. The third-order valence-corrected chi connectivity index (χ3v) is 16.6. The van der Waals surface area contributed by atoms with Crippen molar-refractivity contribution >= 4 is 88.6 Å². The molecule has 260 valence electrons. The summed E-state index contributed by atoms with van der Waals surface area (Å²) in [6.45, 7) is 5.04. The van der Waals surface area contributed by atoms with Crippen LogP contribution in [0.15, 0.2) is 188 Å². The predicted molar refractivity (Wildman–Crippen MR) is 242 cm³/mol. The summed E-state index contributed by atoms with van der Waals surface area (Å²) >= 11 is 1.95. The first kappa shape index (κ1) is 32.2. The minimum absolute atomic E-state index is 1.14. The molecular weight excluding hydrogens is 699 g/mol. The molecule has 0 fully saturated rings. The molecule has 9 aromatic carbocycles. The summed E-state index contributed by atoms with van der Waals surface area (Å²) in [4.78, 5) is 2.44. The maximum atomic E-state index is 2.52. The van der Waals surface area contributed by atoms with Gasteiger partial charge in [0.2, 0.25) is 0 Å². The Bertz CT molecular complexity index is 3000. The number of rotatable bonds is 5. The van der Waals surface area contributed by atoms with Crippen LogP contribution in [0.5, 0.6) is 0 Å². The molecule has 1 aliphatic heterocycles. The molecular formula is C52H37NSSi. The van der Waals surface area contributed by atoms with Crippen molar-refractivity contribution in [3.63, 3.8) is 0 Å². The van der Waals surface area contributed by atoms with E-state index in [1.54, 1.807) is 5.19 Å². The van der Waals surface area contributed by atoms with Crippen molar-refractivity contribution in [1.29, 1.82) is 0 Å². The second kappa shape index (κ2) is 12.4. The molecule has 11 rings (SSSR count). The summed E-state index contributed by atoms with van der Waals surface area (Å²) in [6, 6.07) is 69.9. The Morgan fingerprint density at radius 2 is 0.909 bits per heavy atom. The lowest BCUT2D eigenvalue weighted by Crippen LogP contribution is -2.49. The third kappa shape index (κ3) is 5.19. The van der Waals surface area contributed by atoms with E-state index in [0.29, 0.717) is 0 Å². The monoisotopic (exact) mass is 735 g/mol. The van der Waals surface area contributed by atoms with Crippen LogP contribution in [0.1, 0.15) is 0 Å². The van der Waals surface area contributed by atoms with Crippen LogP contribution in [0, 0.1) is 0 Å². The van der Waals surface area contributed by atoms with E-state index in [2.05, 4.69) is 206 Å². The molecule has 0 unspecified atom stereocenters. The molecule has 0 bridgehead atoms. The highest BCUT2D eigenvalue weighted by molar-refractivity contribution is 7.26. The van der Waals surface area contributed by atoms with Gasteiger partial charge in [-0.25, -0.2) is 0 Å². The number of hydrogen-bond donors (Lipinski definition) is 0. The fraction of sp³-hybridized carbons (Fsp3) is 0.0385. The highest BCUT2D eigenvalue weighted by Gasteiger charge is 2.39. The number of hydrogen-bond acceptors (Lipinski definition) is 2.